The van der Waals surface area contributed by atoms with Crippen molar-refractivity contribution >= 4 is 11.6 Å². The first-order valence-electron chi connectivity index (χ1n) is 6.61. The van der Waals surface area contributed by atoms with E-state index in [4.69, 9.17) is 11.5 Å². The Balaban J connectivity index is 2.45. The number of anilines is 1. The van der Waals surface area contributed by atoms with Gasteiger partial charge in [0, 0.05) is 19.1 Å². The van der Waals surface area contributed by atoms with E-state index in [2.05, 4.69) is 6.92 Å². The molecular weight excluding hydrogens is 245 g/mol. The van der Waals surface area contributed by atoms with Gasteiger partial charge < -0.3 is 16.4 Å². The average Bonchev–Trinajstić information content (AvgIpc) is 2.37. The van der Waals surface area contributed by atoms with Crippen LogP contribution in [0.15, 0.2) is 18.2 Å². The Bertz CT molecular complexity index is 478. The second-order valence-corrected chi connectivity index (χ2v) is 5.11. The number of primary amides is 1. The summed E-state index contributed by atoms with van der Waals surface area (Å²) >= 11 is 0. The molecule has 104 valence electrons. The quantitative estimate of drug-likeness (QED) is 0.869. The Kier molecular flexibility index (Phi) is 4.04. The molecule has 1 aromatic carbocycles. The van der Waals surface area contributed by atoms with Gasteiger partial charge in [-0.2, -0.15) is 0 Å². The topological polar surface area (TPSA) is 72.3 Å². The van der Waals surface area contributed by atoms with Crippen LogP contribution in [0, 0.1) is 11.7 Å². The van der Waals surface area contributed by atoms with Crippen molar-refractivity contribution < 1.29 is 9.18 Å². The SMILES string of the molecule is CC1CCCN(c2cccc(F)c2C(N)=O)C1CN. The predicted molar refractivity (Wildman–Crippen MR) is 73.5 cm³/mol. The van der Waals surface area contributed by atoms with E-state index in [1.807, 2.05) is 4.90 Å². The van der Waals surface area contributed by atoms with Crippen LogP contribution >= 0.6 is 0 Å². The number of nitrogens with zero attached hydrogens (tertiary/aromatic N) is 1. The van der Waals surface area contributed by atoms with Crippen LogP contribution < -0.4 is 16.4 Å². The number of carbonyl (C=O) groups is 1. The van der Waals surface area contributed by atoms with Crippen molar-refractivity contribution in [2.24, 2.45) is 17.4 Å². The summed E-state index contributed by atoms with van der Waals surface area (Å²) in [5.41, 5.74) is 11.7. The number of rotatable bonds is 3. The van der Waals surface area contributed by atoms with E-state index in [1.165, 1.54) is 6.07 Å². The lowest BCUT2D eigenvalue weighted by Gasteiger charge is -2.41. The summed E-state index contributed by atoms with van der Waals surface area (Å²) in [7, 11) is 0. The molecule has 0 spiro atoms. The van der Waals surface area contributed by atoms with Crippen LogP contribution in [0.2, 0.25) is 0 Å². The van der Waals surface area contributed by atoms with Crippen molar-refractivity contribution in [3.8, 4) is 0 Å². The highest BCUT2D eigenvalue weighted by Crippen LogP contribution is 2.31. The number of benzene rings is 1. The van der Waals surface area contributed by atoms with Crippen LogP contribution in [0.1, 0.15) is 30.1 Å². The monoisotopic (exact) mass is 265 g/mol. The summed E-state index contributed by atoms with van der Waals surface area (Å²) in [4.78, 5) is 13.5. The van der Waals surface area contributed by atoms with Crippen molar-refractivity contribution in [1.82, 2.24) is 0 Å². The molecule has 1 saturated heterocycles. The Labute approximate surface area is 112 Å². The van der Waals surface area contributed by atoms with E-state index in [1.54, 1.807) is 12.1 Å². The highest BCUT2D eigenvalue weighted by Gasteiger charge is 2.30. The van der Waals surface area contributed by atoms with Crippen LogP contribution in [0.5, 0.6) is 0 Å². The minimum absolute atomic E-state index is 0.0324. The molecule has 2 rings (SSSR count). The molecule has 2 unspecified atom stereocenters. The number of piperidine rings is 1. The summed E-state index contributed by atoms with van der Waals surface area (Å²) in [5, 5.41) is 0. The van der Waals surface area contributed by atoms with Gasteiger partial charge in [-0.25, -0.2) is 4.39 Å². The van der Waals surface area contributed by atoms with Gasteiger partial charge in [0.1, 0.15) is 5.82 Å². The van der Waals surface area contributed by atoms with Gasteiger partial charge in [-0.1, -0.05) is 13.0 Å². The molecular formula is C14H20FN3O. The molecule has 0 saturated carbocycles. The summed E-state index contributed by atoms with van der Waals surface area (Å²) in [6.07, 6.45) is 2.10. The third kappa shape index (κ3) is 2.56. The molecule has 1 amide bonds. The third-order valence-corrected chi connectivity index (χ3v) is 3.90. The molecule has 4 N–H and O–H groups in total. The lowest BCUT2D eigenvalue weighted by molar-refractivity contribution is 0.0996. The van der Waals surface area contributed by atoms with Crippen LogP contribution in [0.25, 0.3) is 0 Å². The first kappa shape index (κ1) is 13.8. The molecule has 2 atom stereocenters. The minimum atomic E-state index is -0.734. The maximum Gasteiger partial charge on any atom is 0.253 e. The molecule has 5 heteroatoms. The summed E-state index contributed by atoms with van der Waals surface area (Å²) in [6, 6.07) is 4.72. The number of hydrogen-bond acceptors (Lipinski definition) is 3. The number of carbonyl (C=O) groups excluding carboxylic acids is 1. The largest absolute Gasteiger partial charge is 0.366 e. The van der Waals surface area contributed by atoms with Gasteiger partial charge >= 0.3 is 0 Å². The van der Waals surface area contributed by atoms with Crippen molar-refractivity contribution in [2.75, 3.05) is 18.0 Å². The number of hydrogen-bond donors (Lipinski definition) is 2. The van der Waals surface area contributed by atoms with Crippen molar-refractivity contribution in [3.05, 3.63) is 29.6 Å². The molecule has 0 aliphatic carbocycles. The normalized spacial score (nSPS) is 23.4. The summed E-state index contributed by atoms with van der Waals surface area (Å²) in [6.45, 7) is 3.39. The number of amides is 1. The number of halogens is 1. The van der Waals surface area contributed by atoms with E-state index in [9.17, 15) is 9.18 Å². The van der Waals surface area contributed by atoms with E-state index in [-0.39, 0.29) is 11.6 Å². The van der Waals surface area contributed by atoms with Gasteiger partial charge in [0.05, 0.1) is 11.3 Å². The second kappa shape index (κ2) is 5.57. The fourth-order valence-corrected chi connectivity index (χ4v) is 2.90. The minimum Gasteiger partial charge on any atom is -0.366 e. The van der Waals surface area contributed by atoms with Gasteiger partial charge in [-0.05, 0) is 30.9 Å². The lowest BCUT2D eigenvalue weighted by Crippen LogP contribution is -2.49. The zero-order valence-electron chi connectivity index (χ0n) is 11.1. The van der Waals surface area contributed by atoms with Crippen molar-refractivity contribution in [1.29, 1.82) is 0 Å². The van der Waals surface area contributed by atoms with Crippen molar-refractivity contribution in [2.45, 2.75) is 25.8 Å². The molecule has 0 bridgehead atoms. The van der Waals surface area contributed by atoms with Gasteiger partial charge in [0.15, 0.2) is 0 Å². The second-order valence-electron chi connectivity index (χ2n) is 5.11. The van der Waals surface area contributed by atoms with Gasteiger partial charge in [0.2, 0.25) is 0 Å². The fraction of sp³-hybridized carbons (Fsp3) is 0.500. The zero-order chi connectivity index (χ0) is 14.0. The highest BCUT2D eigenvalue weighted by molar-refractivity contribution is 5.99. The molecule has 0 radical (unpaired) electrons. The maximum absolute atomic E-state index is 13.8. The van der Waals surface area contributed by atoms with Crippen LogP contribution in [-0.4, -0.2) is 25.0 Å². The maximum atomic E-state index is 13.8. The number of nitrogens with two attached hydrogens (primary N) is 2. The van der Waals surface area contributed by atoms with Crippen molar-refractivity contribution in [3.63, 3.8) is 0 Å². The molecule has 1 aromatic rings. The summed E-state index contributed by atoms with van der Waals surface area (Å²) < 4.78 is 13.8. The van der Waals surface area contributed by atoms with E-state index in [0.717, 1.165) is 19.4 Å². The Morgan fingerprint density at radius 3 is 2.89 bits per heavy atom. The fourth-order valence-electron chi connectivity index (χ4n) is 2.90. The average molecular weight is 265 g/mol. The van der Waals surface area contributed by atoms with E-state index < -0.39 is 11.7 Å². The molecule has 1 heterocycles. The first-order chi connectivity index (χ1) is 9.06. The van der Waals surface area contributed by atoms with Gasteiger partial charge in [-0.15, -0.1) is 0 Å². The molecule has 1 aliphatic rings. The molecule has 4 nitrogen and oxygen atoms in total. The molecule has 1 fully saturated rings. The van der Waals surface area contributed by atoms with Gasteiger partial charge in [-0.3, -0.25) is 4.79 Å². The lowest BCUT2D eigenvalue weighted by atomic mass is 9.89. The highest BCUT2D eigenvalue weighted by atomic mass is 19.1. The Hall–Kier alpha value is -1.62. The standard InChI is InChI=1S/C14H20FN3O/c1-9-4-3-7-18(12(9)8-16)11-6-2-5-10(15)13(11)14(17)19/h2,5-6,9,12H,3-4,7-8,16H2,1H3,(H2,17,19). The Morgan fingerprint density at radius 1 is 1.53 bits per heavy atom. The predicted octanol–water partition coefficient (Wildman–Crippen LogP) is 1.49. The van der Waals surface area contributed by atoms with E-state index in [0.29, 0.717) is 18.2 Å². The molecule has 0 aromatic heterocycles. The Morgan fingerprint density at radius 2 is 2.26 bits per heavy atom. The van der Waals surface area contributed by atoms with Crippen LogP contribution in [-0.2, 0) is 0 Å². The first-order valence-corrected chi connectivity index (χ1v) is 6.61. The van der Waals surface area contributed by atoms with E-state index >= 15 is 0 Å². The summed E-state index contributed by atoms with van der Waals surface area (Å²) in [5.74, 6) is -0.885. The smallest absolute Gasteiger partial charge is 0.253 e. The third-order valence-electron chi connectivity index (χ3n) is 3.90. The molecule has 1 aliphatic heterocycles. The molecule has 19 heavy (non-hydrogen) atoms. The zero-order valence-corrected chi connectivity index (χ0v) is 11.1. The van der Waals surface area contributed by atoms with Crippen LogP contribution in [0.3, 0.4) is 0 Å². The van der Waals surface area contributed by atoms with Crippen LogP contribution in [0.4, 0.5) is 10.1 Å². The van der Waals surface area contributed by atoms with Gasteiger partial charge in [0.25, 0.3) is 5.91 Å².